The predicted octanol–water partition coefficient (Wildman–Crippen LogP) is 3.12. The van der Waals surface area contributed by atoms with Crippen molar-refractivity contribution in [3.05, 3.63) is 65.5 Å². The Kier molecular flexibility index (Phi) is 5.21. The Balaban J connectivity index is 1.80. The van der Waals surface area contributed by atoms with Crippen molar-refractivity contribution >= 4 is 17.6 Å². The number of nitrogens with one attached hydrogen (secondary N) is 1. The van der Waals surface area contributed by atoms with Crippen LogP contribution >= 0.6 is 0 Å². The van der Waals surface area contributed by atoms with Crippen LogP contribution < -0.4 is 10.2 Å². The van der Waals surface area contributed by atoms with Gasteiger partial charge in [-0.25, -0.2) is 9.18 Å². The van der Waals surface area contributed by atoms with E-state index in [4.69, 9.17) is 0 Å². The van der Waals surface area contributed by atoms with E-state index in [1.165, 1.54) is 21.9 Å². The molecule has 0 saturated heterocycles. The summed E-state index contributed by atoms with van der Waals surface area (Å²) in [5.41, 5.74) is 2.39. The lowest BCUT2D eigenvalue weighted by atomic mass is 10.0. The summed E-state index contributed by atoms with van der Waals surface area (Å²) >= 11 is 0. The summed E-state index contributed by atoms with van der Waals surface area (Å²) in [5.74, 6) is -0.446. The number of fused-ring (bicyclic) bond motifs is 1. The number of halogens is 1. The van der Waals surface area contributed by atoms with Gasteiger partial charge in [0.1, 0.15) is 5.82 Å². The fourth-order valence-electron chi connectivity index (χ4n) is 3.09. The van der Waals surface area contributed by atoms with Crippen molar-refractivity contribution < 1.29 is 14.0 Å². The van der Waals surface area contributed by atoms with Gasteiger partial charge in [-0.15, -0.1) is 0 Å². The average molecular weight is 355 g/mol. The molecule has 3 rings (SSSR count). The number of hydrogen-bond donors (Lipinski definition) is 1. The van der Waals surface area contributed by atoms with Gasteiger partial charge in [-0.1, -0.05) is 36.4 Å². The molecule has 0 saturated carbocycles. The fraction of sp³-hybridized carbons (Fsp3) is 0.300. The number of benzene rings is 2. The van der Waals surface area contributed by atoms with E-state index in [0.29, 0.717) is 18.7 Å². The van der Waals surface area contributed by atoms with E-state index in [0.717, 1.165) is 11.1 Å². The van der Waals surface area contributed by atoms with Gasteiger partial charge in [0, 0.05) is 20.6 Å². The molecular weight excluding hydrogens is 333 g/mol. The van der Waals surface area contributed by atoms with Crippen LogP contribution in [0, 0.1) is 5.82 Å². The second-order valence-corrected chi connectivity index (χ2v) is 6.58. The molecule has 1 heterocycles. The first kappa shape index (κ1) is 17.9. The molecule has 0 spiro atoms. The van der Waals surface area contributed by atoms with Gasteiger partial charge in [0.2, 0.25) is 5.91 Å². The number of carbonyl (C=O) groups excluding carboxylic acids is 2. The van der Waals surface area contributed by atoms with E-state index in [9.17, 15) is 14.0 Å². The molecule has 26 heavy (non-hydrogen) atoms. The molecule has 2 aromatic rings. The number of rotatable bonds is 4. The highest BCUT2D eigenvalue weighted by Gasteiger charge is 2.28. The quantitative estimate of drug-likeness (QED) is 0.916. The highest BCUT2D eigenvalue weighted by molar-refractivity contribution is 5.94. The van der Waals surface area contributed by atoms with E-state index in [1.807, 2.05) is 30.3 Å². The molecule has 2 aromatic carbocycles. The standard InChI is InChI=1S/C20H22FN3O2/c1-23(2)19(25)13-17(14-6-4-3-5-7-14)22-20(26)24-11-10-15-8-9-16(21)12-18(15)24/h3-9,12,17H,10-11,13H2,1-2H3,(H,22,26)/t17-/m0/s1. The lowest BCUT2D eigenvalue weighted by Gasteiger charge is -2.25. The van der Waals surface area contributed by atoms with Crippen molar-refractivity contribution in [3.63, 3.8) is 0 Å². The van der Waals surface area contributed by atoms with E-state index in [-0.39, 0.29) is 24.2 Å². The predicted molar refractivity (Wildman–Crippen MR) is 98.5 cm³/mol. The van der Waals surface area contributed by atoms with Crippen LogP contribution in [0.2, 0.25) is 0 Å². The fourth-order valence-corrected chi connectivity index (χ4v) is 3.09. The summed E-state index contributed by atoms with van der Waals surface area (Å²) in [4.78, 5) is 28.0. The normalized spacial score (nSPS) is 13.9. The van der Waals surface area contributed by atoms with Gasteiger partial charge in [-0.3, -0.25) is 9.69 Å². The van der Waals surface area contributed by atoms with E-state index >= 15 is 0 Å². The van der Waals surface area contributed by atoms with Gasteiger partial charge in [-0.05, 0) is 29.7 Å². The van der Waals surface area contributed by atoms with E-state index in [1.54, 1.807) is 20.2 Å². The molecule has 1 aliphatic rings. The van der Waals surface area contributed by atoms with Gasteiger partial charge < -0.3 is 10.2 Å². The minimum absolute atomic E-state index is 0.0768. The molecule has 0 aromatic heterocycles. The van der Waals surface area contributed by atoms with Crippen LogP contribution in [0.25, 0.3) is 0 Å². The number of urea groups is 1. The molecule has 1 N–H and O–H groups in total. The Morgan fingerprint density at radius 2 is 1.92 bits per heavy atom. The van der Waals surface area contributed by atoms with Crippen LogP contribution in [-0.4, -0.2) is 37.5 Å². The molecular formula is C20H22FN3O2. The van der Waals surface area contributed by atoms with Crippen molar-refractivity contribution in [1.29, 1.82) is 0 Å². The molecule has 0 radical (unpaired) electrons. The summed E-state index contributed by atoms with van der Waals surface area (Å²) in [7, 11) is 3.37. The minimum atomic E-state index is -0.448. The summed E-state index contributed by atoms with van der Waals surface area (Å²) in [5, 5.41) is 2.94. The largest absolute Gasteiger partial charge is 0.349 e. The smallest absolute Gasteiger partial charge is 0.322 e. The van der Waals surface area contributed by atoms with Gasteiger partial charge in [-0.2, -0.15) is 0 Å². The number of nitrogens with zero attached hydrogens (tertiary/aromatic N) is 2. The van der Waals surface area contributed by atoms with Gasteiger partial charge in [0.05, 0.1) is 18.2 Å². The van der Waals surface area contributed by atoms with Crippen LogP contribution in [0.1, 0.15) is 23.6 Å². The number of amides is 3. The zero-order valence-electron chi connectivity index (χ0n) is 14.9. The Morgan fingerprint density at radius 3 is 2.62 bits per heavy atom. The van der Waals surface area contributed by atoms with Crippen LogP contribution in [0.5, 0.6) is 0 Å². The molecule has 1 aliphatic heterocycles. The highest BCUT2D eigenvalue weighted by atomic mass is 19.1. The maximum absolute atomic E-state index is 13.6. The van der Waals surface area contributed by atoms with Crippen molar-refractivity contribution in [2.24, 2.45) is 0 Å². The maximum Gasteiger partial charge on any atom is 0.322 e. The maximum atomic E-state index is 13.6. The molecule has 0 unspecified atom stereocenters. The topological polar surface area (TPSA) is 52.7 Å². The summed E-state index contributed by atoms with van der Waals surface area (Å²) < 4.78 is 13.6. The number of carbonyl (C=O) groups is 2. The van der Waals surface area contributed by atoms with Crippen LogP contribution in [0.4, 0.5) is 14.9 Å². The van der Waals surface area contributed by atoms with Crippen molar-refractivity contribution in [2.75, 3.05) is 25.5 Å². The third-order valence-corrected chi connectivity index (χ3v) is 4.57. The zero-order chi connectivity index (χ0) is 18.7. The first-order chi connectivity index (χ1) is 12.5. The monoisotopic (exact) mass is 355 g/mol. The number of hydrogen-bond acceptors (Lipinski definition) is 2. The SMILES string of the molecule is CN(C)C(=O)C[C@H](NC(=O)N1CCc2ccc(F)cc21)c1ccccc1. The van der Waals surface area contributed by atoms with Crippen LogP contribution in [-0.2, 0) is 11.2 Å². The summed E-state index contributed by atoms with van der Waals surface area (Å²) in [6.07, 6.45) is 0.849. The third-order valence-electron chi connectivity index (χ3n) is 4.57. The van der Waals surface area contributed by atoms with E-state index in [2.05, 4.69) is 5.32 Å². The van der Waals surface area contributed by atoms with Gasteiger partial charge in [0.25, 0.3) is 0 Å². The van der Waals surface area contributed by atoms with Crippen molar-refractivity contribution in [1.82, 2.24) is 10.2 Å². The summed E-state index contributed by atoms with van der Waals surface area (Å²) in [6, 6.07) is 13.1. The van der Waals surface area contributed by atoms with Crippen molar-refractivity contribution in [2.45, 2.75) is 18.9 Å². The summed E-state index contributed by atoms with van der Waals surface area (Å²) in [6.45, 7) is 0.494. The lowest BCUT2D eigenvalue weighted by Crippen LogP contribution is -2.42. The molecule has 136 valence electrons. The average Bonchev–Trinajstić information content (AvgIpc) is 3.04. The second kappa shape index (κ2) is 7.56. The van der Waals surface area contributed by atoms with Gasteiger partial charge in [0.15, 0.2) is 0 Å². The van der Waals surface area contributed by atoms with Crippen molar-refractivity contribution in [3.8, 4) is 0 Å². The Labute approximate surface area is 152 Å². The molecule has 0 aliphatic carbocycles. The second-order valence-electron chi connectivity index (χ2n) is 6.58. The lowest BCUT2D eigenvalue weighted by molar-refractivity contribution is -0.129. The van der Waals surface area contributed by atoms with Gasteiger partial charge >= 0.3 is 6.03 Å². The Morgan fingerprint density at radius 1 is 1.19 bits per heavy atom. The first-order valence-corrected chi connectivity index (χ1v) is 8.57. The minimum Gasteiger partial charge on any atom is -0.349 e. The Bertz CT molecular complexity index is 808. The van der Waals surface area contributed by atoms with Crippen LogP contribution in [0.15, 0.2) is 48.5 Å². The van der Waals surface area contributed by atoms with E-state index < -0.39 is 6.04 Å². The third kappa shape index (κ3) is 3.85. The first-order valence-electron chi connectivity index (χ1n) is 8.57. The van der Waals surface area contributed by atoms with Crippen LogP contribution in [0.3, 0.4) is 0 Å². The molecule has 0 bridgehead atoms. The molecule has 0 fully saturated rings. The highest BCUT2D eigenvalue weighted by Crippen LogP contribution is 2.29. The molecule has 1 atom stereocenters. The zero-order valence-corrected chi connectivity index (χ0v) is 14.9. The number of anilines is 1. The molecule has 3 amide bonds. The molecule has 5 nitrogen and oxygen atoms in total. The molecule has 6 heteroatoms. The Hall–Kier alpha value is -2.89.